The zero-order valence-electron chi connectivity index (χ0n) is 16.0. The normalized spacial score (nSPS) is 13.7. The SMILES string of the molecule is CCCn1c(=O)c2c(nc3n2CC(C)=NN3Cc2ccccc2F)n(C)c1=O. The van der Waals surface area contributed by atoms with Crippen molar-refractivity contribution in [1.82, 2.24) is 18.7 Å². The molecule has 0 amide bonds. The van der Waals surface area contributed by atoms with E-state index in [0.29, 0.717) is 42.2 Å². The predicted octanol–water partition coefficient (Wildman–Crippen LogP) is 1.84. The number of anilines is 1. The molecular formula is C19H21FN6O2. The Bertz CT molecular complexity index is 1220. The molecule has 3 heterocycles. The molecule has 28 heavy (non-hydrogen) atoms. The first-order valence-electron chi connectivity index (χ1n) is 9.17. The Morgan fingerprint density at radius 2 is 1.96 bits per heavy atom. The van der Waals surface area contributed by atoms with Crippen LogP contribution in [0.1, 0.15) is 25.8 Å². The molecule has 4 rings (SSSR count). The zero-order chi connectivity index (χ0) is 20.0. The molecule has 2 aromatic heterocycles. The Labute approximate surface area is 160 Å². The first-order chi connectivity index (χ1) is 13.4. The maximum absolute atomic E-state index is 14.1. The van der Waals surface area contributed by atoms with Crippen LogP contribution >= 0.6 is 0 Å². The van der Waals surface area contributed by atoms with Gasteiger partial charge < -0.3 is 0 Å². The van der Waals surface area contributed by atoms with E-state index in [2.05, 4.69) is 10.1 Å². The number of aromatic nitrogens is 4. The number of hydrogen-bond acceptors (Lipinski definition) is 5. The minimum atomic E-state index is -0.395. The quantitative estimate of drug-likeness (QED) is 0.688. The molecule has 0 saturated carbocycles. The summed E-state index contributed by atoms with van der Waals surface area (Å²) in [7, 11) is 1.60. The lowest BCUT2D eigenvalue weighted by molar-refractivity contribution is 0.590. The number of halogens is 1. The van der Waals surface area contributed by atoms with E-state index in [9.17, 15) is 14.0 Å². The molecule has 0 spiro atoms. The van der Waals surface area contributed by atoms with E-state index in [0.717, 1.165) is 5.71 Å². The molecule has 0 fully saturated rings. The van der Waals surface area contributed by atoms with Gasteiger partial charge in [-0.1, -0.05) is 25.1 Å². The van der Waals surface area contributed by atoms with Crippen molar-refractivity contribution in [2.45, 2.75) is 39.9 Å². The van der Waals surface area contributed by atoms with E-state index in [1.165, 1.54) is 15.2 Å². The number of hydrogen-bond donors (Lipinski definition) is 0. The largest absolute Gasteiger partial charge is 0.332 e. The van der Waals surface area contributed by atoms with Gasteiger partial charge in [-0.15, -0.1) is 0 Å². The summed E-state index contributed by atoms with van der Waals surface area (Å²) in [5.74, 6) is 0.0893. The van der Waals surface area contributed by atoms with Crippen LogP contribution in [0.15, 0.2) is 39.0 Å². The van der Waals surface area contributed by atoms with Crippen molar-refractivity contribution in [1.29, 1.82) is 0 Å². The Hall–Kier alpha value is -3.23. The van der Waals surface area contributed by atoms with Crippen LogP contribution in [0.4, 0.5) is 10.3 Å². The topological polar surface area (TPSA) is 77.4 Å². The second kappa shape index (κ2) is 6.74. The van der Waals surface area contributed by atoms with Gasteiger partial charge in [-0.2, -0.15) is 10.1 Å². The second-order valence-corrected chi connectivity index (χ2v) is 6.95. The summed E-state index contributed by atoms with van der Waals surface area (Å²) in [4.78, 5) is 30.1. The molecule has 0 atom stereocenters. The van der Waals surface area contributed by atoms with Crippen LogP contribution < -0.4 is 16.3 Å². The number of nitrogens with zero attached hydrogens (tertiary/aromatic N) is 6. The highest BCUT2D eigenvalue weighted by Crippen LogP contribution is 2.25. The van der Waals surface area contributed by atoms with Crippen LogP contribution in [0.5, 0.6) is 0 Å². The van der Waals surface area contributed by atoms with Crippen molar-refractivity contribution >= 4 is 22.8 Å². The third-order valence-electron chi connectivity index (χ3n) is 4.85. The van der Waals surface area contributed by atoms with Gasteiger partial charge in [0.25, 0.3) is 5.56 Å². The van der Waals surface area contributed by atoms with Gasteiger partial charge in [-0.25, -0.2) is 14.2 Å². The highest BCUT2D eigenvalue weighted by Gasteiger charge is 2.27. The monoisotopic (exact) mass is 384 g/mol. The Morgan fingerprint density at radius 3 is 2.68 bits per heavy atom. The first-order valence-corrected chi connectivity index (χ1v) is 9.17. The van der Waals surface area contributed by atoms with Gasteiger partial charge in [-0.3, -0.25) is 18.5 Å². The lowest BCUT2D eigenvalue weighted by atomic mass is 10.2. The summed E-state index contributed by atoms with van der Waals surface area (Å²) in [6, 6.07) is 6.47. The molecule has 8 nitrogen and oxygen atoms in total. The summed E-state index contributed by atoms with van der Waals surface area (Å²) >= 11 is 0. The second-order valence-electron chi connectivity index (χ2n) is 6.95. The molecule has 0 saturated heterocycles. The van der Waals surface area contributed by atoms with Gasteiger partial charge in [-0.05, 0) is 19.4 Å². The molecule has 1 aliphatic rings. The molecule has 9 heteroatoms. The maximum atomic E-state index is 14.1. The Kier molecular flexibility index (Phi) is 4.37. The smallest absolute Gasteiger partial charge is 0.297 e. The van der Waals surface area contributed by atoms with Crippen LogP contribution in [-0.2, 0) is 26.7 Å². The molecule has 3 aromatic rings. The van der Waals surface area contributed by atoms with Crippen LogP contribution in [0, 0.1) is 5.82 Å². The minimum Gasteiger partial charge on any atom is -0.297 e. The van der Waals surface area contributed by atoms with Gasteiger partial charge in [0.2, 0.25) is 5.95 Å². The number of benzene rings is 1. The molecule has 0 unspecified atom stereocenters. The van der Waals surface area contributed by atoms with Crippen LogP contribution in [0.3, 0.4) is 0 Å². The van der Waals surface area contributed by atoms with E-state index in [1.54, 1.807) is 34.8 Å². The highest BCUT2D eigenvalue weighted by molar-refractivity contribution is 5.87. The standard InChI is InChI=1S/C19H21FN6O2/c1-4-9-24-17(27)15-16(23(3)19(24)28)21-18-25(15)10-12(2)22-26(18)11-13-7-5-6-8-14(13)20/h5-8H,4,9-11H2,1-3H3. The van der Waals surface area contributed by atoms with Gasteiger partial charge in [0, 0.05) is 19.2 Å². The number of imidazole rings is 1. The number of fused-ring (bicyclic) bond motifs is 3. The van der Waals surface area contributed by atoms with Crippen LogP contribution in [0.2, 0.25) is 0 Å². The average Bonchev–Trinajstić information content (AvgIpc) is 3.05. The van der Waals surface area contributed by atoms with Gasteiger partial charge in [0.1, 0.15) is 5.82 Å². The van der Waals surface area contributed by atoms with Gasteiger partial charge in [0.15, 0.2) is 11.2 Å². The number of aryl methyl sites for hydroxylation is 1. The fourth-order valence-corrected chi connectivity index (χ4v) is 3.53. The summed E-state index contributed by atoms with van der Waals surface area (Å²) in [5, 5.41) is 6.07. The lowest BCUT2D eigenvalue weighted by Gasteiger charge is -2.25. The summed E-state index contributed by atoms with van der Waals surface area (Å²) < 4.78 is 18.5. The van der Waals surface area contributed by atoms with E-state index < -0.39 is 5.69 Å². The third kappa shape index (κ3) is 2.74. The van der Waals surface area contributed by atoms with Crippen molar-refractivity contribution in [3.63, 3.8) is 0 Å². The molecule has 0 aliphatic carbocycles. The molecule has 1 aromatic carbocycles. The number of hydrazone groups is 1. The summed E-state index contributed by atoms with van der Waals surface area (Å²) in [6.07, 6.45) is 0.668. The Balaban J connectivity index is 1.93. The highest BCUT2D eigenvalue weighted by atomic mass is 19.1. The number of rotatable bonds is 4. The van der Waals surface area contributed by atoms with E-state index in [1.807, 2.05) is 13.8 Å². The van der Waals surface area contributed by atoms with Crippen molar-refractivity contribution in [3.05, 3.63) is 56.5 Å². The molecule has 1 aliphatic heterocycles. The molecule has 0 radical (unpaired) electrons. The summed E-state index contributed by atoms with van der Waals surface area (Å²) in [6.45, 7) is 4.65. The third-order valence-corrected chi connectivity index (χ3v) is 4.85. The average molecular weight is 384 g/mol. The molecule has 0 N–H and O–H groups in total. The lowest BCUT2D eigenvalue weighted by Crippen LogP contribution is -2.40. The van der Waals surface area contributed by atoms with Crippen molar-refractivity contribution < 1.29 is 4.39 Å². The van der Waals surface area contributed by atoms with E-state index >= 15 is 0 Å². The van der Waals surface area contributed by atoms with Crippen molar-refractivity contribution in [3.8, 4) is 0 Å². The first kappa shape index (κ1) is 18.1. The van der Waals surface area contributed by atoms with E-state index in [-0.39, 0.29) is 17.9 Å². The Morgan fingerprint density at radius 1 is 1.21 bits per heavy atom. The minimum absolute atomic E-state index is 0.171. The van der Waals surface area contributed by atoms with Crippen molar-refractivity contribution in [2.75, 3.05) is 5.01 Å². The molecular weight excluding hydrogens is 363 g/mol. The predicted molar refractivity (Wildman–Crippen MR) is 105 cm³/mol. The fraction of sp³-hybridized carbons (Fsp3) is 0.368. The van der Waals surface area contributed by atoms with Gasteiger partial charge >= 0.3 is 5.69 Å². The molecule has 146 valence electrons. The van der Waals surface area contributed by atoms with Crippen LogP contribution in [-0.4, -0.2) is 24.4 Å². The fourth-order valence-electron chi connectivity index (χ4n) is 3.53. The van der Waals surface area contributed by atoms with Crippen LogP contribution in [0.25, 0.3) is 11.2 Å². The summed E-state index contributed by atoms with van der Waals surface area (Å²) in [5.41, 5.74) is 1.14. The zero-order valence-corrected chi connectivity index (χ0v) is 16.0. The maximum Gasteiger partial charge on any atom is 0.332 e. The van der Waals surface area contributed by atoms with Crippen molar-refractivity contribution in [2.24, 2.45) is 12.1 Å². The van der Waals surface area contributed by atoms with Gasteiger partial charge in [0.05, 0.1) is 18.8 Å². The molecule has 0 bridgehead atoms. The van der Waals surface area contributed by atoms with E-state index in [4.69, 9.17) is 0 Å².